The first-order valence-electron chi connectivity index (χ1n) is 6.23. The molecular formula is C14H21NO2. The monoisotopic (exact) mass is 235 g/mol. The molecule has 0 heterocycles. The van der Waals surface area contributed by atoms with Gasteiger partial charge in [-0.3, -0.25) is 0 Å². The number of likely N-dealkylation sites (N-methyl/N-ethyl adjacent to an activating group) is 1. The predicted octanol–water partition coefficient (Wildman–Crippen LogP) is 2.21. The number of nitrogens with zero attached hydrogens (tertiary/aromatic N) is 1. The average molecular weight is 235 g/mol. The van der Waals surface area contributed by atoms with Crippen molar-refractivity contribution in [2.75, 3.05) is 20.7 Å². The van der Waals surface area contributed by atoms with E-state index in [0.29, 0.717) is 12.6 Å². The Kier molecular flexibility index (Phi) is 4.02. The topological polar surface area (TPSA) is 32.7 Å². The summed E-state index contributed by atoms with van der Waals surface area (Å²) in [4.78, 5) is 2.26. The molecule has 1 aromatic carbocycles. The van der Waals surface area contributed by atoms with Gasteiger partial charge in [0.15, 0.2) is 0 Å². The van der Waals surface area contributed by atoms with E-state index in [2.05, 4.69) is 11.9 Å². The van der Waals surface area contributed by atoms with E-state index in [0.717, 1.165) is 11.3 Å². The Balaban J connectivity index is 1.95. The third-order valence-electron chi connectivity index (χ3n) is 3.64. The van der Waals surface area contributed by atoms with Crippen molar-refractivity contribution in [3.8, 4) is 5.75 Å². The van der Waals surface area contributed by atoms with Gasteiger partial charge in [-0.05, 0) is 37.6 Å². The molecule has 0 aliphatic heterocycles. The van der Waals surface area contributed by atoms with Gasteiger partial charge in [0.1, 0.15) is 5.75 Å². The van der Waals surface area contributed by atoms with Crippen LogP contribution in [0.2, 0.25) is 0 Å². The van der Waals surface area contributed by atoms with Crippen LogP contribution < -0.4 is 4.74 Å². The molecule has 1 saturated carbocycles. The van der Waals surface area contributed by atoms with E-state index in [1.165, 1.54) is 19.3 Å². The second-order valence-corrected chi connectivity index (χ2v) is 4.82. The van der Waals surface area contributed by atoms with Gasteiger partial charge in [0, 0.05) is 12.6 Å². The van der Waals surface area contributed by atoms with E-state index >= 15 is 0 Å². The Morgan fingerprint density at radius 1 is 1.47 bits per heavy atom. The second-order valence-electron chi connectivity index (χ2n) is 4.82. The molecule has 1 N–H and O–H groups in total. The summed E-state index contributed by atoms with van der Waals surface area (Å²) >= 11 is 0. The molecule has 0 spiro atoms. The van der Waals surface area contributed by atoms with Crippen LogP contribution in [0.3, 0.4) is 0 Å². The third kappa shape index (κ3) is 2.99. The number of aliphatic hydroxyl groups is 1. The van der Waals surface area contributed by atoms with Gasteiger partial charge in [0.2, 0.25) is 0 Å². The third-order valence-corrected chi connectivity index (χ3v) is 3.64. The lowest BCUT2D eigenvalue weighted by Gasteiger charge is -2.35. The lowest BCUT2D eigenvalue weighted by molar-refractivity contribution is 0.0775. The van der Waals surface area contributed by atoms with E-state index in [1.807, 2.05) is 24.3 Å². The van der Waals surface area contributed by atoms with Crippen molar-refractivity contribution in [3.05, 3.63) is 29.8 Å². The smallest absolute Gasteiger partial charge is 0.119 e. The molecule has 0 aromatic heterocycles. The van der Waals surface area contributed by atoms with Gasteiger partial charge in [-0.1, -0.05) is 18.6 Å². The minimum Gasteiger partial charge on any atom is -0.497 e. The van der Waals surface area contributed by atoms with Crippen molar-refractivity contribution < 1.29 is 9.84 Å². The molecule has 3 heteroatoms. The molecule has 3 nitrogen and oxygen atoms in total. The summed E-state index contributed by atoms with van der Waals surface area (Å²) in [5.41, 5.74) is 0.926. The Hall–Kier alpha value is -1.06. The number of methoxy groups -OCH3 is 1. The highest BCUT2D eigenvalue weighted by molar-refractivity contribution is 5.29. The Labute approximate surface area is 103 Å². The maximum absolute atomic E-state index is 10.2. The molecule has 0 saturated heterocycles. The van der Waals surface area contributed by atoms with Gasteiger partial charge in [-0.2, -0.15) is 0 Å². The Morgan fingerprint density at radius 3 is 2.82 bits per heavy atom. The predicted molar refractivity (Wildman–Crippen MR) is 68.2 cm³/mol. The van der Waals surface area contributed by atoms with Crippen LogP contribution in [-0.4, -0.2) is 36.8 Å². The van der Waals surface area contributed by atoms with E-state index in [9.17, 15) is 5.11 Å². The molecule has 1 unspecified atom stereocenters. The van der Waals surface area contributed by atoms with Crippen LogP contribution in [-0.2, 0) is 0 Å². The lowest BCUT2D eigenvalue weighted by Crippen LogP contribution is -2.39. The lowest BCUT2D eigenvalue weighted by atomic mass is 9.91. The fourth-order valence-corrected chi connectivity index (χ4v) is 2.20. The summed E-state index contributed by atoms with van der Waals surface area (Å²) in [6, 6.07) is 8.32. The largest absolute Gasteiger partial charge is 0.497 e. The molecule has 0 amide bonds. The zero-order valence-electron chi connectivity index (χ0n) is 10.6. The van der Waals surface area contributed by atoms with Gasteiger partial charge >= 0.3 is 0 Å². The van der Waals surface area contributed by atoms with Crippen LogP contribution in [0.1, 0.15) is 30.9 Å². The highest BCUT2D eigenvalue weighted by Gasteiger charge is 2.23. The van der Waals surface area contributed by atoms with Gasteiger partial charge in [0.25, 0.3) is 0 Å². The van der Waals surface area contributed by atoms with Gasteiger partial charge in [0.05, 0.1) is 13.2 Å². The molecule has 94 valence electrons. The van der Waals surface area contributed by atoms with Crippen molar-refractivity contribution in [1.29, 1.82) is 0 Å². The molecule has 1 aliphatic rings. The molecule has 1 aromatic rings. The van der Waals surface area contributed by atoms with Crippen molar-refractivity contribution in [2.24, 2.45) is 0 Å². The number of hydrogen-bond acceptors (Lipinski definition) is 3. The van der Waals surface area contributed by atoms with Crippen molar-refractivity contribution >= 4 is 0 Å². The molecule has 0 bridgehead atoms. The highest BCUT2D eigenvalue weighted by atomic mass is 16.5. The van der Waals surface area contributed by atoms with E-state index in [1.54, 1.807) is 7.11 Å². The van der Waals surface area contributed by atoms with Crippen LogP contribution in [0.15, 0.2) is 24.3 Å². The van der Waals surface area contributed by atoms with Crippen molar-refractivity contribution in [1.82, 2.24) is 4.90 Å². The maximum atomic E-state index is 10.2. The normalized spacial score (nSPS) is 17.9. The second kappa shape index (κ2) is 5.52. The van der Waals surface area contributed by atoms with Crippen molar-refractivity contribution in [3.63, 3.8) is 0 Å². The molecule has 17 heavy (non-hydrogen) atoms. The molecule has 1 atom stereocenters. The van der Waals surface area contributed by atoms with Crippen LogP contribution in [0, 0.1) is 0 Å². The van der Waals surface area contributed by atoms with E-state index in [-0.39, 0.29) is 0 Å². The minimum absolute atomic E-state index is 0.435. The molecule has 1 aliphatic carbocycles. The Bertz CT molecular complexity index is 363. The number of aliphatic hydroxyl groups excluding tert-OH is 1. The average Bonchev–Trinajstić information content (AvgIpc) is 2.26. The standard InChI is InChI=1S/C14H21NO2/c1-15(12-6-4-7-12)10-14(16)11-5-3-8-13(9-11)17-2/h3,5,8-9,12,14,16H,4,6-7,10H2,1-2H3. The maximum Gasteiger partial charge on any atom is 0.119 e. The van der Waals surface area contributed by atoms with E-state index < -0.39 is 6.10 Å². The molecule has 1 fully saturated rings. The summed E-state index contributed by atoms with van der Waals surface area (Å²) < 4.78 is 5.17. The van der Waals surface area contributed by atoms with E-state index in [4.69, 9.17) is 4.74 Å². The number of rotatable bonds is 5. The zero-order valence-corrected chi connectivity index (χ0v) is 10.6. The minimum atomic E-state index is -0.435. The quantitative estimate of drug-likeness (QED) is 0.849. The van der Waals surface area contributed by atoms with Gasteiger partial charge in [-0.15, -0.1) is 0 Å². The van der Waals surface area contributed by atoms with Gasteiger partial charge < -0.3 is 14.7 Å². The molecule has 2 rings (SSSR count). The van der Waals surface area contributed by atoms with Crippen LogP contribution in [0.25, 0.3) is 0 Å². The van der Waals surface area contributed by atoms with Gasteiger partial charge in [-0.25, -0.2) is 0 Å². The van der Waals surface area contributed by atoms with Crippen molar-refractivity contribution in [2.45, 2.75) is 31.4 Å². The highest BCUT2D eigenvalue weighted by Crippen LogP contribution is 2.26. The van der Waals surface area contributed by atoms with Crippen LogP contribution >= 0.6 is 0 Å². The Morgan fingerprint density at radius 2 is 2.24 bits per heavy atom. The fraction of sp³-hybridized carbons (Fsp3) is 0.571. The van der Waals surface area contributed by atoms with Crippen LogP contribution in [0.5, 0.6) is 5.75 Å². The number of hydrogen-bond donors (Lipinski definition) is 1. The first-order valence-corrected chi connectivity index (χ1v) is 6.23. The summed E-state index contributed by atoms with van der Waals surface area (Å²) in [5, 5.41) is 10.2. The van der Waals surface area contributed by atoms with Crippen LogP contribution in [0.4, 0.5) is 0 Å². The summed E-state index contributed by atoms with van der Waals surface area (Å²) in [7, 11) is 3.74. The number of ether oxygens (including phenoxy) is 1. The first-order chi connectivity index (χ1) is 8.20. The fourth-order valence-electron chi connectivity index (χ4n) is 2.20. The summed E-state index contributed by atoms with van der Waals surface area (Å²) in [6.45, 7) is 0.692. The summed E-state index contributed by atoms with van der Waals surface area (Å²) in [5.74, 6) is 0.799. The first kappa shape index (κ1) is 12.4. The molecule has 0 radical (unpaired) electrons. The SMILES string of the molecule is COc1cccc(C(O)CN(C)C2CCC2)c1. The zero-order chi connectivity index (χ0) is 12.3. The number of benzene rings is 1. The summed E-state index contributed by atoms with van der Waals surface area (Å²) in [6.07, 6.45) is 3.42. The molecular weight excluding hydrogens is 214 g/mol.